The Hall–Kier alpha value is -0.860. The first kappa shape index (κ1) is 14.5. The Labute approximate surface area is 118 Å². The van der Waals surface area contributed by atoms with Crippen molar-refractivity contribution < 1.29 is 10.2 Å². The number of hydrogen-bond donors (Lipinski definition) is 2. The van der Waals surface area contributed by atoms with Crippen molar-refractivity contribution in [3.05, 3.63) is 21.9 Å². The van der Waals surface area contributed by atoms with Gasteiger partial charge >= 0.3 is 0 Å². The Kier molecular flexibility index (Phi) is 5.41. The van der Waals surface area contributed by atoms with Crippen LogP contribution >= 0.6 is 11.3 Å². The van der Waals surface area contributed by atoms with Crippen LogP contribution in [-0.2, 0) is 6.54 Å². The monoisotopic (exact) mass is 279 g/mol. The maximum Gasteiger partial charge on any atom is 0.0590 e. The van der Waals surface area contributed by atoms with Crippen LogP contribution < -0.4 is 0 Å². The molecule has 2 heterocycles. The highest BCUT2D eigenvalue weighted by Crippen LogP contribution is 2.22. The molecule has 1 saturated heterocycles. The van der Waals surface area contributed by atoms with Crippen LogP contribution in [0, 0.1) is 17.8 Å². The van der Waals surface area contributed by atoms with Crippen molar-refractivity contribution in [2.24, 2.45) is 5.92 Å². The van der Waals surface area contributed by atoms with E-state index < -0.39 is 0 Å². The minimum Gasteiger partial charge on any atom is -0.395 e. The van der Waals surface area contributed by atoms with Gasteiger partial charge in [-0.2, -0.15) is 0 Å². The van der Waals surface area contributed by atoms with Crippen LogP contribution in [0.2, 0.25) is 0 Å². The summed E-state index contributed by atoms with van der Waals surface area (Å²) in [5.41, 5.74) is 1.08. The minimum atomic E-state index is -0.150. The Morgan fingerprint density at radius 1 is 1.53 bits per heavy atom. The highest BCUT2D eigenvalue weighted by molar-refractivity contribution is 7.10. The molecule has 0 bridgehead atoms. The van der Waals surface area contributed by atoms with E-state index >= 15 is 0 Å². The lowest BCUT2D eigenvalue weighted by Crippen LogP contribution is -2.41. The highest BCUT2D eigenvalue weighted by Gasteiger charge is 2.24. The predicted molar refractivity (Wildman–Crippen MR) is 78.0 cm³/mol. The van der Waals surface area contributed by atoms with Gasteiger partial charge in [0.05, 0.1) is 12.7 Å². The first-order valence-corrected chi connectivity index (χ1v) is 7.65. The summed E-state index contributed by atoms with van der Waals surface area (Å²) in [4.78, 5) is 3.68. The smallest absolute Gasteiger partial charge is 0.0590 e. The van der Waals surface area contributed by atoms with E-state index in [0.717, 1.165) is 31.6 Å². The molecular formula is C15H21NO2S. The average molecular weight is 279 g/mol. The van der Waals surface area contributed by atoms with Crippen LogP contribution in [0.1, 0.15) is 30.2 Å². The van der Waals surface area contributed by atoms with Crippen molar-refractivity contribution in [2.75, 3.05) is 19.7 Å². The SMILES string of the molecule is CC1CN(Cc2sccc2C#CCCO)CCC1O. The zero-order chi connectivity index (χ0) is 13.7. The Morgan fingerprint density at radius 2 is 2.37 bits per heavy atom. The second-order valence-corrected chi connectivity index (χ2v) is 6.10. The lowest BCUT2D eigenvalue weighted by molar-refractivity contribution is 0.0324. The number of piperidine rings is 1. The molecule has 0 radical (unpaired) electrons. The van der Waals surface area contributed by atoms with E-state index in [4.69, 9.17) is 5.11 Å². The Bertz CT molecular complexity index is 460. The minimum absolute atomic E-state index is 0.119. The first-order chi connectivity index (χ1) is 9.20. The fourth-order valence-corrected chi connectivity index (χ4v) is 3.23. The third kappa shape index (κ3) is 4.05. The normalized spacial score (nSPS) is 23.9. The molecular weight excluding hydrogens is 258 g/mol. The molecule has 0 amide bonds. The molecule has 0 saturated carbocycles. The zero-order valence-electron chi connectivity index (χ0n) is 11.3. The molecule has 1 aliphatic heterocycles. The molecule has 104 valence electrons. The summed E-state index contributed by atoms with van der Waals surface area (Å²) >= 11 is 1.73. The Morgan fingerprint density at radius 3 is 3.11 bits per heavy atom. The van der Waals surface area contributed by atoms with Gasteiger partial charge in [0.15, 0.2) is 0 Å². The number of rotatable bonds is 3. The molecule has 0 aliphatic carbocycles. The van der Waals surface area contributed by atoms with E-state index in [0.29, 0.717) is 12.3 Å². The summed E-state index contributed by atoms with van der Waals surface area (Å²) < 4.78 is 0. The standard InChI is InChI=1S/C15H21NO2S/c1-12-10-16(7-5-14(12)18)11-15-13(6-9-19-15)4-2-3-8-17/h6,9,12,14,17-18H,3,5,7-8,10-11H2,1H3. The summed E-state index contributed by atoms with van der Waals surface area (Å²) in [6, 6.07) is 2.05. The third-order valence-corrected chi connectivity index (χ3v) is 4.42. The fraction of sp³-hybridized carbons (Fsp3) is 0.600. The number of aliphatic hydroxyl groups is 2. The molecule has 4 heteroatoms. The van der Waals surface area contributed by atoms with Crippen LogP contribution in [0.25, 0.3) is 0 Å². The third-order valence-electron chi connectivity index (χ3n) is 3.52. The van der Waals surface area contributed by atoms with Crippen LogP contribution in [0.15, 0.2) is 11.4 Å². The maximum absolute atomic E-state index is 9.75. The molecule has 19 heavy (non-hydrogen) atoms. The second-order valence-electron chi connectivity index (χ2n) is 5.10. The first-order valence-electron chi connectivity index (χ1n) is 6.77. The molecule has 1 aromatic heterocycles. The lowest BCUT2D eigenvalue weighted by atomic mass is 9.97. The van der Waals surface area contributed by atoms with Gasteiger partial charge in [0, 0.05) is 36.5 Å². The molecule has 3 nitrogen and oxygen atoms in total. The largest absolute Gasteiger partial charge is 0.395 e. The molecule has 2 atom stereocenters. The molecule has 1 fully saturated rings. The molecule has 2 N–H and O–H groups in total. The van der Waals surface area contributed by atoms with Crippen LogP contribution in [0.3, 0.4) is 0 Å². The van der Waals surface area contributed by atoms with Gasteiger partial charge < -0.3 is 10.2 Å². The molecule has 2 rings (SSSR count). The van der Waals surface area contributed by atoms with E-state index in [1.54, 1.807) is 11.3 Å². The van der Waals surface area contributed by atoms with Gasteiger partial charge in [0.25, 0.3) is 0 Å². The molecule has 2 unspecified atom stereocenters. The topological polar surface area (TPSA) is 43.7 Å². The van der Waals surface area contributed by atoms with Gasteiger partial charge in [0.1, 0.15) is 0 Å². The summed E-state index contributed by atoms with van der Waals surface area (Å²) in [5.74, 6) is 6.45. The van der Waals surface area contributed by atoms with Gasteiger partial charge in [0.2, 0.25) is 0 Å². The fourth-order valence-electron chi connectivity index (χ4n) is 2.35. The van der Waals surface area contributed by atoms with E-state index in [-0.39, 0.29) is 12.7 Å². The van der Waals surface area contributed by atoms with Crippen molar-refractivity contribution in [3.8, 4) is 11.8 Å². The van der Waals surface area contributed by atoms with Crippen LogP contribution in [0.5, 0.6) is 0 Å². The maximum atomic E-state index is 9.75. The lowest BCUT2D eigenvalue weighted by Gasteiger charge is -2.34. The molecule has 1 aromatic rings. The van der Waals surface area contributed by atoms with Gasteiger partial charge in [-0.25, -0.2) is 0 Å². The number of nitrogens with zero attached hydrogens (tertiary/aromatic N) is 1. The molecule has 0 aromatic carbocycles. The van der Waals surface area contributed by atoms with Crippen molar-refractivity contribution in [3.63, 3.8) is 0 Å². The van der Waals surface area contributed by atoms with Crippen molar-refractivity contribution in [2.45, 2.75) is 32.4 Å². The number of likely N-dealkylation sites (tertiary alicyclic amines) is 1. The predicted octanol–water partition coefficient (Wildman–Crippen LogP) is 1.68. The van der Waals surface area contributed by atoms with Crippen molar-refractivity contribution in [1.82, 2.24) is 4.90 Å². The number of aliphatic hydroxyl groups excluding tert-OH is 2. The van der Waals surface area contributed by atoms with Gasteiger partial charge in [-0.1, -0.05) is 18.8 Å². The molecule has 1 aliphatic rings. The zero-order valence-corrected chi connectivity index (χ0v) is 12.1. The van der Waals surface area contributed by atoms with Gasteiger partial charge in [-0.05, 0) is 23.8 Å². The van der Waals surface area contributed by atoms with Crippen LogP contribution in [0.4, 0.5) is 0 Å². The quantitative estimate of drug-likeness (QED) is 0.828. The van der Waals surface area contributed by atoms with Crippen LogP contribution in [-0.4, -0.2) is 40.9 Å². The van der Waals surface area contributed by atoms with E-state index in [1.807, 2.05) is 6.07 Å². The van der Waals surface area contributed by atoms with Gasteiger partial charge in [-0.15, -0.1) is 11.3 Å². The van der Waals surface area contributed by atoms with E-state index in [2.05, 4.69) is 29.0 Å². The summed E-state index contributed by atoms with van der Waals surface area (Å²) in [7, 11) is 0. The second kappa shape index (κ2) is 7.06. The summed E-state index contributed by atoms with van der Waals surface area (Å²) in [6.07, 6.45) is 1.24. The number of thiophene rings is 1. The highest BCUT2D eigenvalue weighted by atomic mass is 32.1. The van der Waals surface area contributed by atoms with Crippen molar-refractivity contribution in [1.29, 1.82) is 0 Å². The number of hydrogen-bond acceptors (Lipinski definition) is 4. The van der Waals surface area contributed by atoms with E-state index in [1.165, 1.54) is 4.88 Å². The van der Waals surface area contributed by atoms with Gasteiger partial charge in [-0.3, -0.25) is 4.90 Å². The average Bonchev–Trinajstić information content (AvgIpc) is 2.82. The summed E-state index contributed by atoms with van der Waals surface area (Å²) in [5, 5.41) is 20.6. The van der Waals surface area contributed by atoms with Crippen molar-refractivity contribution >= 4 is 11.3 Å². The summed E-state index contributed by atoms with van der Waals surface area (Å²) in [6.45, 7) is 5.04. The Balaban J connectivity index is 1.97. The molecule has 0 spiro atoms. The van der Waals surface area contributed by atoms with E-state index in [9.17, 15) is 5.11 Å².